The summed E-state index contributed by atoms with van der Waals surface area (Å²) < 4.78 is 6.51. The summed E-state index contributed by atoms with van der Waals surface area (Å²) in [6.45, 7) is 4.19. The van der Waals surface area contributed by atoms with E-state index in [1.807, 2.05) is 34.1 Å². The lowest BCUT2D eigenvalue weighted by molar-refractivity contribution is -0.135. The Bertz CT molecular complexity index is 787. The van der Waals surface area contributed by atoms with Gasteiger partial charge in [-0.15, -0.1) is 0 Å². The number of carbonyl (C=O) groups is 3. The molecule has 164 valence electrons. The first-order valence-electron chi connectivity index (χ1n) is 10.5. The summed E-state index contributed by atoms with van der Waals surface area (Å²) in [6, 6.07) is 7.86. The first-order valence-corrected chi connectivity index (χ1v) is 10.5. The van der Waals surface area contributed by atoms with Crippen LogP contribution in [0.25, 0.3) is 0 Å². The van der Waals surface area contributed by atoms with Crippen molar-refractivity contribution < 1.29 is 19.1 Å². The van der Waals surface area contributed by atoms with Gasteiger partial charge < -0.3 is 24.8 Å². The lowest BCUT2D eigenvalue weighted by atomic mass is 9.90. The third kappa shape index (κ3) is 5.23. The number of benzene rings is 1. The Morgan fingerprint density at radius 1 is 1.13 bits per heavy atom. The number of amides is 4. The number of piperidine rings is 1. The number of nitrogens with one attached hydrogen (secondary N) is 1. The second kappa shape index (κ2) is 9.36. The van der Waals surface area contributed by atoms with E-state index in [4.69, 9.17) is 4.74 Å². The Balaban J connectivity index is 1.72. The molecule has 2 aliphatic heterocycles. The molecule has 8 nitrogen and oxygen atoms in total. The molecule has 0 bridgehead atoms. The highest BCUT2D eigenvalue weighted by atomic mass is 16.5. The van der Waals surface area contributed by atoms with Gasteiger partial charge in [0.1, 0.15) is 11.4 Å². The summed E-state index contributed by atoms with van der Waals surface area (Å²) in [5, 5.41) is 2.74. The smallest absolute Gasteiger partial charge is 0.319 e. The van der Waals surface area contributed by atoms with Gasteiger partial charge in [0.05, 0.1) is 6.54 Å². The summed E-state index contributed by atoms with van der Waals surface area (Å²) in [5.74, 6) is 0.794. The van der Waals surface area contributed by atoms with E-state index in [9.17, 15) is 14.4 Å². The molecule has 0 aromatic heterocycles. The molecule has 0 radical (unpaired) electrons. The third-order valence-corrected chi connectivity index (χ3v) is 5.76. The van der Waals surface area contributed by atoms with Gasteiger partial charge in [-0.05, 0) is 12.5 Å². The van der Waals surface area contributed by atoms with Crippen LogP contribution in [0.5, 0.6) is 5.75 Å². The molecule has 1 spiro atoms. The predicted octanol–water partition coefficient (Wildman–Crippen LogP) is 1.84. The average molecular weight is 417 g/mol. The highest BCUT2D eigenvalue weighted by Gasteiger charge is 2.42. The summed E-state index contributed by atoms with van der Waals surface area (Å²) in [6.07, 6.45) is 2.34. The fraction of sp³-hybridized carbons (Fsp3) is 0.591. The Hall–Kier alpha value is -2.77. The number of likely N-dealkylation sites (tertiary alicyclic amines) is 1. The van der Waals surface area contributed by atoms with Crippen molar-refractivity contribution in [2.24, 2.45) is 0 Å². The zero-order valence-corrected chi connectivity index (χ0v) is 18.1. The number of hydrogen-bond acceptors (Lipinski definition) is 4. The maximum absolute atomic E-state index is 13.0. The molecule has 1 aromatic carbocycles. The lowest BCUT2D eigenvalue weighted by Gasteiger charge is -2.43. The Kier molecular flexibility index (Phi) is 6.84. The van der Waals surface area contributed by atoms with Gasteiger partial charge in [-0.2, -0.15) is 0 Å². The zero-order valence-electron chi connectivity index (χ0n) is 18.1. The van der Waals surface area contributed by atoms with Crippen molar-refractivity contribution in [1.29, 1.82) is 0 Å². The Morgan fingerprint density at radius 2 is 1.83 bits per heavy atom. The van der Waals surface area contributed by atoms with Crippen molar-refractivity contribution in [3.8, 4) is 5.75 Å². The van der Waals surface area contributed by atoms with E-state index in [0.717, 1.165) is 11.3 Å². The van der Waals surface area contributed by atoms with Crippen molar-refractivity contribution in [2.75, 3.05) is 40.3 Å². The van der Waals surface area contributed by atoms with Crippen LogP contribution in [0.3, 0.4) is 0 Å². The number of para-hydroxylation sites is 1. The van der Waals surface area contributed by atoms with Crippen molar-refractivity contribution in [3.63, 3.8) is 0 Å². The second-order valence-corrected chi connectivity index (χ2v) is 8.39. The number of rotatable bonds is 4. The molecule has 0 unspecified atom stereocenters. The van der Waals surface area contributed by atoms with Crippen molar-refractivity contribution in [1.82, 2.24) is 20.0 Å². The van der Waals surface area contributed by atoms with Gasteiger partial charge >= 0.3 is 6.03 Å². The molecule has 1 N–H and O–H groups in total. The van der Waals surface area contributed by atoms with E-state index in [1.165, 1.54) is 6.92 Å². The van der Waals surface area contributed by atoms with Gasteiger partial charge in [-0.25, -0.2) is 4.79 Å². The minimum Gasteiger partial charge on any atom is -0.485 e. The maximum Gasteiger partial charge on any atom is 0.319 e. The van der Waals surface area contributed by atoms with Crippen LogP contribution >= 0.6 is 0 Å². The van der Waals surface area contributed by atoms with Crippen molar-refractivity contribution in [2.45, 2.75) is 44.8 Å². The van der Waals surface area contributed by atoms with Gasteiger partial charge in [0.15, 0.2) is 0 Å². The highest BCUT2D eigenvalue weighted by molar-refractivity contribution is 5.77. The van der Waals surface area contributed by atoms with Crippen LogP contribution in [-0.2, 0) is 16.1 Å². The molecule has 3 rings (SSSR count). The van der Waals surface area contributed by atoms with Crippen molar-refractivity contribution in [3.05, 3.63) is 29.8 Å². The summed E-state index contributed by atoms with van der Waals surface area (Å²) in [4.78, 5) is 41.6. The maximum atomic E-state index is 13.0. The fourth-order valence-electron chi connectivity index (χ4n) is 4.10. The molecule has 0 atom stereocenters. The number of urea groups is 1. The number of carbonyl (C=O) groups excluding carboxylic acids is 3. The zero-order chi connectivity index (χ0) is 21.7. The predicted molar refractivity (Wildman–Crippen MR) is 113 cm³/mol. The van der Waals surface area contributed by atoms with Crippen LogP contribution in [0, 0.1) is 0 Å². The molecule has 0 saturated carbocycles. The van der Waals surface area contributed by atoms with E-state index in [-0.39, 0.29) is 17.8 Å². The summed E-state index contributed by atoms with van der Waals surface area (Å²) in [5.41, 5.74) is 0.500. The molecule has 4 amide bonds. The molecule has 2 heterocycles. The fourth-order valence-corrected chi connectivity index (χ4v) is 4.10. The largest absolute Gasteiger partial charge is 0.485 e. The Morgan fingerprint density at radius 3 is 2.50 bits per heavy atom. The van der Waals surface area contributed by atoms with Crippen LogP contribution in [-0.4, -0.2) is 78.4 Å². The molecule has 0 aliphatic carbocycles. The molecule has 1 aromatic rings. The number of nitrogens with zero attached hydrogens (tertiary/aromatic N) is 3. The van der Waals surface area contributed by atoms with Gasteiger partial charge in [0.25, 0.3) is 0 Å². The normalized spacial score (nSPS) is 17.6. The van der Waals surface area contributed by atoms with E-state index >= 15 is 0 Å². The average Bonchev–Trinajstić information content (AvgIpc) is 2.87. The van der Waals surface area contributed by atoms with Crippen molar-refractivity contribution >= 4 is 17.8 Å². The molecule has 30 heavy (non-hydrogen) atoms. The number of fused-ring (bicyclic) bond motifs is 1. The molecular weight excluding hydrogens is 384 g/mol. The SMILES string of the molecule is CC(=O)NCCCC(=O)N1Cc2ccccc2OC2(CCN(C(=O)N(C)C)CC2)C1. The molecular formula is C22H32N4O4. The first-order chi connectivity index (χ1) is 14.3. The van der Waals surface area contributed by atoms with Gasteiger partial charge in [0.2, 0.25) is 11.8 Å². The lowest BCUT2D eigenvalue weighted by Crippen LogP contribution is -2.56. The van der Waals surface area contributed by atoms with Gasteiger partial charge in [-0.3, -0.25) is 9.59 Å². The van der Waals surface area contributed by atoms with E-state index in [2.05, 4.69) is 5.32 Å². The second-order valence-electron chi connectivity index (χ2n) is 8.39. The monoisotopic (exact) mass is 416 g/mol. The molecule has 1 saturated heterocycles. The Labute approximate surface area is 178 Å². The van der Waals surface area contributed by atoms with E-state index < -0.39 is 5.60 Å². The van der Waals surface area contributed by atoms with Gasteiger partial charge in [0, 0.05) is 72.0 Å². The first kappa shape index (κ1) is 21.9. The molecule has 1 fully saturated rings. The topological polar surface area (TPSA) is 82.2 Å². The van der Waals surface area contributed by atoms with Crippen LogP contribution in [0.4, 0.5) is 4.79 Å². The quantitative estimate of drug-likeness (QED) is 0.760. The van der Waals surface area contributed by atoms with E-state index in [1.54, 1.807) is 19.0 Å². The number of hydrogen-bond donors (Lipinski definition) is 1. The van der Waals surface area contributed by atoms with Crippen LogP contribution < -0.4 is 10.1 Å². The van der Waals surface area contributed by atoms with Crippen LogP contribution in [0.15, 0.2) is 24.3 Å². The van der Waals surface area contributed by atoms with Crippen LogP contribution in [0.2, 0.25) is 0 Å². The molecule has 8 heteroatoms. The van der Waals surface area contributed by atoms with E-state index in [0.29, 0.717) is 58.4 Å². The number of ether oxygens (including phenoxy) is 1. The minimum absolute atomic E-state index is 0.00442. The third-order valence-electron chi connectivity index (χ3n) is 5.76. The summed E-state index contributed by atoms with van der Waals surface area (Å²) in [7, 11) is 3.51. The molecule has 2 aliphatic rings. The van der Waals surface area contributed by atoms with Gasteiger partial charge in [-0.1, -0.05) is 18.2 Å². The van der Waals surface area contributed by atoms with Crippen LogP contribution in [0.1, 0.15) is 38.2 Å². The summed E-state index contributed by atoms with van der Waals surface area (Å²) >= 11 is 0. The standard InChI is InChI=1S/C22H32N4O4/c1-17(27)23-12-6-9-20(28)26-15-18-7-4-5-8-19(18)30-22(16-26)10-13-25(14-11-22)21(29)24(2)3/h4-5,7-8H,6,9-16H2,1-3H3,(H,23,27). The highest BCUT2D eigenvalue weighted by Crippen LogP contribution is 2.36. The minimum atomic E-state index is -0.497.